The molecule has 0 unspecified atom stereocenters. The van der Waals surface area contributed by atoms with Gasteiger partial charge in [0, 0.05) is 28.5 Å². The summed E-state index contributed by atoms with van der Waals surface area (Å²) in [6.45, 7) is 0.340. The van der Waals surface area contributed by atoms with Gasteiger partial charge in [-0.05, 0) is 67.8 Å². The predicted molar refractivity (Wildman–Crippen MR) is 117 cm³/mol. The van der Waals surface area contributed by atoms with Gasteiger partial charge in [-0.1, -0.05) is 29.8 Å². The lowest BCUT2D eigenvalue weighted by Crippen LogP contribution is -2.17. The molecule has 8 heteroatoms. The van der Waals surface area contributed by atoms with Crippen LogP contribution in [0.5, 0.6) is 5.75 Å². The molecule has 3 aromatic rings. The first-order valence-electron chi connectivity index (χ1n) is 8.13. The van der Waals surface area contributed by atoms with Crippen LogP contribution < -0.4 is 10.2 Å². The van der Waals surface area contributed by atoms with Crippen molar-refractivity contribution in [3.63, 3.8) is 0 Å². The smallest absolute Gasteiger partial charge is 0.271 e. The van der Waals surface area contributed by atoms with E-state index in [1.54, 1.807) is 30.7 Å². The third-order valence-electron chi connectivity index (χ3n) is 3.67. The fourth-order valence-corrected chi connectivity index (χ4v) is 3.93. The van der Waals surface area contributed by atoms with E-state index in [9.17, 15) is 4.79 Å². The Labute approximate surface area is 184 Å². The number of halogens is 3. The van der Waals surface area contributed by atoms with Gasteiger partial charge in [0.25, 0.3) is 5.91 Å². The van der Waals surface area contributed by atoms with Gasteiger partial charge in [-0.2, -0.15) is 5.10 Å². The molecule has 0 radical (unpaired) electrons. The number of amides is 1. The molecular weight excluding hydrogens is 510 g/mol. The lowest BCUT2D eigenvalue weighted by Gasteiger charge is -2.12. The monoisotopic (exact) mass is 521 g/mol. The highest BCUT2D eigenvalue weighted by atomic mass is 79.9. The minimum Gasteiger partial charge on any atom is -0.486 e. The number of carbonyl (C=O) groups is 1. The first kappa shape index (κ1) is 20.5. The zero-order valence-corrected chi connectivity index (χ0v) is 18.3. The maximum Gasteiger partial charge on any atom is 0.271 e. The zero-order valence-electron chi connectivity index (χ0n) is 14.4. The first-order valence-corrected chi connectivity index (χ1v) is 10.1. The van der Waals surface area contributed by atoms with E-state index in [0.29, 0.717) is 22.9 Å². The van der Waals surface area contributed by atoms with E-state index in [1.165, 1.54) is 0 Å². The largest absolute Gasteiger partial charge is 0.486 e. The van der Waals surface area contributed by atoms with Crippen LogP contribution in [0.3, 0.4) is 0 Å². The molecule has 1 N–H and O–H groups in total. The van der Waals surface area contributed by atoms with Crippen LogP contribution in [0, 0.1) is 0 Å². The van der Waals surface area contributed by atoms with Gasteiger partial charge in [-0.3, -0.25) is 9.78 Å². The normalized spacial score (nSPS) is 10.8. The highest BCUT2D eigenvalue weighted by Crippen LogP contribution is 2.35. The van der Waals surface area contributed by atoms with E-state index in [0.717, 1.165) is 20.1 Å². The van der Waals surface area contributed by atoms with Crippen LogP contribution in [0.1, 0.15) is 21.5 Å². The van der Waals surface area contributed by atoms with E-state index >= 15 is 0 Å². The van der Waals surface area contributed by atoms with Crippen molar-refractivity contribution < 1.29 is 9.53 Å². The first-order chi connectivity index (χ1) is 13.5. The van der Waals surface area contributed by atoms with E-state index in [-0.39, 0.29) is 5.91 Å². The molecule has 0 aliphatic heterocycles. The Balaban J connectivity index is 1.66. The maximum absolute atomic E-state index is 12.0. The Morgan fingerprint density at radius 1 is 1.14 bits per heavy atom. The van der Waals surface area contributed by atoms with Gasteiger partial charge in [0.1, 0.15) is 12.4 Å². The Morgan fingerprint density at radius 2 is 1.82 bits per heavy atom. The number of hydrazone groups is 1. The summed E-state index contributed by atoms with van der Waals surface area (Å²) >= 11 is 13.2. The Hall–Kier alpha value is -2.22. The quantitative estimate of drug-likeness (QED) is 0.338. The molecule has 0 atom stereocenters. The van der Waals surface area contributed by atoms with Crippen LogP contribution in [0.4, 0.5) is 0 Å². The van der Waals surface area contributed by atoms with Gasteiger partial charge < -0.3 is 4.74 Å². The predicted octanol–water partition coefficient (Wildman–Crippen LogP) is 5.60. The fraction of sp³-hybridized carbons (Fsp3) is 0.0500. The molecule has 0 aliphatic carbocycles. The third kappa shape index (κ3) is 5.41. The molecule has 2 aromatic carbocycles. The van der Waals surface area contributed by atoms with Crippen LogP contribution >= 0.6 is 43.5 Å². The molecule has 0 saturated heterocycles. The van der Waals surface area contributed by atoms with Crippen LogP contribution in [-0.2, 0) is 6.61 Å². The number of aromatic nitrogens is 1. The molecule has 0 saturated carbocycles. The number of pyridine rings is 1. The molecule has 1 amide bonds. The van der Waals surface area contributed by atoms with E-state index in [1.807, 2.05) is 36.4 Å². The molecule has 1 heterocycles. The summed E-state index contributed by atoms with van der Waals surface area (Å²) in [4.78, 5) is 15.8. The maximum atomic E-state index is 12.0. The fourth-order valence-electron chi connectivity index (χ4n) is 2.29. The van der Waals surface area contributed by atoms with Crippen molar-refractivity contribution in [3.8, 4) is 5.75 Å². The molecular formula is C20H14Br2ClN3O2. The summed E-state index contributed by atoms with van der Waals surface area (Å²) in [5.74, 6) is 0.342. The average molecular weight is 524 g/mol. The van der Waals surface area contributed by atoms with Crippen molar-refractivity contribution in [2.45, 2.75) is 6.61 Å². The minimum absolute atomic E-state index is 0.309. The molecule has 3 rings (SSSR count). The molecule has 142 valence electrons. The number of rotatable bonds is 6. The minimum atomic E-state index is -0.309. The number of hydrogen-bond acceptors (Lipinski definition) is 4. The number of benzene rings is 2. The standard InChI is InChI=1S/C20H14Br2ClN3O2/c21-16-9-13(11-25-26-20(27)14-5-7-24-8-6-14)10-17(22)19(16)28-12-15-3-1-2-4-18(15)23/h1-11H,12H2,(H,26,27)/b25-11-. The van der Waals surface area contributed by atoms with Gasteiger partial charge in [0.05, 0.1) is 15.2 Å². The van der Waals surface area contributed by atoms with Crippen LogP contribution in [0.25, 0.3) is 0 Å². The number of nitrogens with zero attached hydrogens (tertiary/aromatic N) is 2. The van der Waals surface area contributed by atoms with Crippen molar-refractivity contribution in [3.05, 3.63) is 91.6 Å². The summed E-state index contributed by atoms with van der Waals surface area (Å²) in [5, 5.41) is 4.65. The lowest BCUT2D eigenvalue weighted by molar-refractivity contribution is 0.0955. The SMILES string of the molecule is O=C(N/N=C\c1cc(Br)c(OCc2ccccc2Cl)c(Br)c1)c1ccncc1. The van der Waals surface area contributed by atoms with Crippen molar-refractivity contribution >= 4 is 55.6 Å². The van der Waals surface area contributed by atoms with Gasteiger partial charge in [-0.15, -0.1) is 0 Å². The van der Waals surface area contributed by atoms with Crippen molar-refractivity contribution in [1.82, 2.24) is 10.4 Å². The van der Waals surface area contributed by atoms with Crippen LogP contribution in [0.15, 0.2) is 75.0 Å². The lowest BCUT2D eigenvalue weighted by atomic mass is 10.2. The second-order valence-electron chi connectivity index (χ2n) is 5.63. The summed E-state index contributed by atoms with van der Waals surface area (Å²) in [6, 6.07) is 14.4. The molecule has 5 nitrogen and oxygen atoms in total. The molecule has 28 heavy (non-hydrogen) atoms. The summed E-state index contributed by atoms with van der Waals surface area (Å²) < 4.78 is 7.38. The van der Waals surface area contributed by atoms with Crippen molar-refractivity contribution in [1.29, 1.82) is 0 Å². The topological polar surface area (TPSA) is 63.6 Å². The number of ether oxygens (including phenoxy) is 1. The van der Waals surface area contributed by atoms with Crippen molar-refractivity contribution in [2.24, 2.45) is 5.10 Å². The van der Waals surface area contributed by atoms with Gasteiger partial charge >= 0.3 is 0 Å². The number of nitrogens with one attached hydrogen (secondary N) is 1. The second-order valence-corrected chi connectivity index (χ2v) is 7.74. The second kappa shape index (κ2) is 9.82. The van der Waals surface area contributed by atoms with Crippen LogP contribution in [0.2, 0.25) is 5.02 Å². The molecule has 0 spiro atoms. The van der Waals surface area contributed by atoms with E-state index in [4.69, 9.17) is 16.3 Å². The summed E-state index contributed by atoms with van der Waals surface area (Å²) in [5.41, 5.74) is 4.64. The van der Waals surface area contributed by atoms with Gasteiger partial charge in [0.15, 0.2) is 0 Å². The van der Waals surface area contributed by atoms with Crippen molar-refractivity contribution in [2.75, 3.05) is 0 Å². The van der Waals surface area contributed by atoms with Gasteiger partial charge in [0.2, 0.25) is 0 Å². The zero-order chi connectivity index (χ0) is 19.9. The highest BCUT2D eigenvalue weighted by molar-refractivity contribution is 9.11. The Kier molecular flexibility index (Phi) is 7.19. The van der Waals surface area contributed by atoms with Crippen LogP contribution in [-0.4, -0.2) is 17.1 Å². The Bertz CT molecular complexity index is 990. The van der Waals surface area contributed by atoms with E-state index in [2.05, 4.69) is 47.4 Å². The molecule has 0 fully saturated rings. The molecule has 0 aliphatic rings. The molecule has 1 aromatic heterocycles. The average Bonchev–Trinajstić information content (AvgIpc) is 2.69. The number of carbonyl (C=O) groups excluding carboxylic acids is 1. The van der Waals surface area contributed by atoms with E-state index < -0.39 is 0 Å². The molecule has 0 bridgehead atoms. The highest BCUT2D eigenvalue weighted by Gasteiger charge is 2.10. The summed E-state index contributed by atoms with van der Waals surface area (Å²) in [7, 11) is 0. The Morgan fingerprint density at radius 3 is 2.50 bits per heavy atom. The summed E-state index contributed by atoms with van der Waals surface area (Å²) in [6.07, 6.45) is 4.65. The third-order valence-corrected chi connectivity index (χ3v) is 5.22. The number of hydrogen-bond donors (Lipinski definition) is 1. The van der Waals surface area contributed by atoms with Gasteiger partial charge in [-0.25, -0.2) is 5.43 Å².